The second-order valence-electron chi connectivity index (χ2n) is 6.68. The smallest absolute Gasteiger partial charge is 0.338 e. The standard InChI is InChI=1S/C23H17ClN2O7/c1-32-21-11-6-16(12-19(21)26(30)31)20(27)13-33-23(29)15-4-9-18(10-5-15)25-22(28)14-2-7-17(24)8-3-14/h2-12H,13H2,1H3,(H,25,28). The fraction of sp³-hybridized carbons (Fsp3) is 0.0870. The molecule has 3 aromatic carbocycles. The van der Waals surface area contributed by atoms with Gasteiger partial charge in [-0.3, -0.25) is 19.7 Å². The molecule has 9 nitrogen and oxygen atoms in total. The van der Waals surface area contributed by atoms with E-state index in [4.69, 9.17) is 21.1 Å². The largest absolute Gasteiger partial charge is 0.490 e. The molecule has 0 aliphatic carbocycles. The summed E-state index contributed by atoms with van der Waals surface area (Å²) in [6.45, 7) is -0.600. The number of hydrogen-bond acceptors (Lipinski definition) is 7. The van der Waals surface area contributed by atoms with Gasteiger partial charge in [0.25, 0.3) is 5.91 Å². The first kappa shape index (κ1) is 23.4. The Morgan fingerprint density at radius 3 is 2.15 bits per heavy atom. The van der Waals surface area contributed by atoms with Crippen LogP contribution in [0.25, 0.3) is 0 Å². The van der Waals surface area contributed by atoms with E-state index in [9.17, 15) is 24.5 Å². The summed E-state index contributed by atoms with van der Waals surface area (Å²) in [6, 6.07) is 16.0. The molecule has 1 amide bonds. The molecule has 0 heterocycles. The predicted octanol–water partition coefficient (Wildman–Crippen LogP) is 4.55. The van der Waals surface area contributed by atoms with Crippen molar-refractivity contribution in [3.63, 3.8) is 0 Å². The van der Waals surface area contributed by atoms with Crippen LogP contribution in [0, 0.1) is 10.1 Å². The van der Waals surface area contributed by atoms with Crippen LogP contribution in [0.5, 0.6) is 5.75 Å². The molecule has 0 saturated heterocycles. The monoisotopic (exact) mass is 468 g/mol. The van der Waals surface area contributed by atoms with E-state index in [1.165, 1.54) is 43.5 Å². The maximum atomic E-state index is 12.3. The van der Waals surface area contributed by atoms with Gasteiger partial charge in [-0.15, -0.1) is 0 Å². The highest BCUT2D eigenvalue weighted by molar-refractivity contribution is 6.30. The van der Waals surface area contributed by atoms with E-state index in [1.807, 2.05) is 0 Å². The Kier molecular flexibility index (Phi) is 7.37. The van der Waals surface area contributed by atoms with Crippen LogP contribution in [-0.2, 0) is 4.74 Å². The first-order valence-electron chi connectivity index (χ1n) is 9.48. The average molecular weight is 469 g/mol. The third kappa shape index (κ3) is 5.92. The zero-order chi connectivity index (χ0) is 24.0. The van der Waals surface area contributed by atoms with Gasteiger partial charge in [-0.2, -0.15) is 0 Å². The lowest BCUT2D eigenvalue weighted by atomic mass is 10.1. The number of nitrogens with one attached hydrogen (secondary N) is 1. The van der Waals surface area contributed by atoms with Crippen LogP contribution in [-0.4, -0.2) is 36.3 Å². The number of rotatable bonds is 8. The first-order valence-corrected chi connectivity index (χ1v) is 9.86. The normalized spacial score (nSPS) is 10.2. The molecule has 1 N–H and O–H groups in total. The summed E-state index contributed by atoms with van der Waals surface area (Å²) in [5.74, 6) is -1.71. The molecule has 3 rings (SSSR count). The Balaban J connectivity index is 1.59. The Bertz CT molecular complexity index is 1210. The number of nitrogens with zero attached hydrogens (tertiary/aromatic N) is 1. The highest BCUT2D eigenvalue weighted by atomic mass is 35.5. The number of methoxy groups -OCH3 is 1. The number of benzene rings is 3. The molecule has 10 heteroatoms. The second kappa shape index (κ2) is 10.4. The Morgan fingerprint density at radius 1 is 0.939 bits per heavy atom. The van der Waals surface area contributed by atoms with Crippen molar-refractivity contribution in [2.75, 3.05) is 19.0 Å². The SMILES string of the molecule is COc1ccc(C(=O)COC(=O)c2ccc(NC(=O)c3ccc(Cl)cc3)cc2)cc1[N+](=O)[O-]. The van der Waals surface area contributed by atoms with Crippen molar-refractivity contribution in [1.29, 1.82) is 0 Å². The molecule has 0 aliphatic rings. The van der Waals surface area contributed by atoms with Crippen LogP contribution in [0.15, 0.2) is 66.7 Å². The first-order chi connectivity index (χ1) is 15.8. The Labute approximate surface area is 193 Å². The van der Waals surface area contributed by atoms with Crippen LogP contribution in [0.3, 0.4) is 0 Å². The van der Waals surface area contributed by atoms with Gasteiger partial charge in [-0.25, -0.2) is 4.79 Å². The summed E-state index contributed by atoms with van der Waals surface area (Å²) in [6.07, 6.45) is 0. The van der Waals surface area contributed by atoms with Crippen molar-refractivity contribution >= 4 is 40.6 Å². The van der Waals surface area contributed by atoms with Crippen molar-refractivity contribution in [1.82, 2.24) is 0 Å². The summed E-state index contributed by atoms with van der Waals surface area (Å²) < 4.78 is 9.90. The number of carbonyl (C=O) groups is 3. The van der Waals surface area contributed by atoms with Crippen LogP contribution < -0.4 is 10.1 Å². The lowest BCUT2D eigenvalue weighted by Crippen LogP contribution is -2.15. The highest BCUT2D eigenvalue weighted by Gasteiger charge is 2.19. The van der Waals surface area contributed by atoms with Gasteiger partial charge in [0.15, 0.2) is 12.4 Å². The number of ketones is 1. The predicted molar refractivity (Wildman–Crippen MR) is 120 cm³/mol. The number of carbonyl (C=O) groups excluding carboxylic acids is 3. The number of esters is 1. The molecule has 0 fully saturated rings. The molecule has 3 aromatic rings. The van der Waals surface area contributed by atoms with E-state index in [1.54, 1.807) is 24.3 Å². The van der Waals surface area contributed by atoms with Crippen LogP contribution in [0.1, 0.15) is 31.1 Å². The molecule has 0 aromatic heterocycles. The zero-order valence-corrected chi connectivity index (χ0v) is 18.0. The minimum Gasteiger partial charge on any atom is -0.490 e. The van der Waals surface area contributed by atoms with E-state index < -0.39 is 23.3 Å². The molecule has 0 bridgehead atoms. The summed E-state index contributed by atoms with van der Waals surface area (Å²) in [5.41, 5.74) is 0.669. The molecular weight excluding hydrogens is 452 g/mol. The average Bonchev–Trinajstić information content (AvgIpc) is 2.82. The maximum Gasteiger partial charge on any atom is 0.338 e. The van der Waals surface area contributed by atoms with Gasteiger partial charge in [0.1, 0.15) is 0 Å². The van der Waals surface area contributed by atoms with E-state index in [2.05, 4.69) is 5.32 Å². The van der Waals surface area contributed by atoms with Crippen LogP contribution in [0.2, 0.25) is 5.02 Å². The van der Waals surface area contributed by atoms with Gasteiger partial charge in [0.05, 0.1) is 17.6 Å². The molecule has 0 spiro atoms. The van der Waals surface area contributed by atoms with Crippen molar-refractivity contribution in [3.8, 4) is 5.75 Å². The van der Waals surface area contributed by atoms with Gasteiger partial charge in [-0.1, -0.05) is 11.6 Å². The Morgan fingerprint density at radius 2 is 1.55 bits per heavy atom. The fourth-order valence-electron chi connectivity index (χ4n) is 2.80. The summed E-state index contributed by atoms with van der Waals surface area (Å²) in [4.78, 5) is 47.2. The van der Waals surface area contributed by atoms with Gasteiger partial charge in [0, 0.05) is 27.9 Å². The van der Waals surface area contributed by atoms with E-state index >= 15 is 0 Å². The number of anilines is 1. The number of ether oxygens (including phenoxy) is 2. The van der Waals surface area contributed by atoms with Crippen molar-refractivity contribution < 1.29 is 28.8 Å². The topological polar surface area (TPSA) is 125 Å². The third-order valence-electron chi connectivity index (χ3n) is 4.52. The summed E-state index contributed by atoms with van der Waals surface area (Å²) in [7, 11) is 1.28. The highest BCUT2D eigenvalue weighted by Crippen LogP contribution is 2.27. The maximum absolute atomic E-state index is 12.3. The van der Waals surface area contributed by atoms with Gasteiger partial charge in [0.2, 0.25) is 5.78 Å². The summed E-state index contributed by atoms with van der Waals surface area (Å²) >= 11 is 5.81. The van der Waals surface area contributed by atoms with E-state index in [-0.39, 0.29) is 28.5 Å². The fourth-order valence-corrected chi connectivity index (χ4v) is 2.92. The van der Waals surface area contributed by atoms with E-state index in [0.717, 1.165) is 6.07 Å². The molecule has 168 valence electrons. The van der Waals surface area contributed by atoms with Gasteiger partial charge >= 0.3 is 11.7 Å². The molecule has 0 atom stereocenters. The van der Waals surface area contributed by atoms with Crippen LogP contribution in [0.4, 0.5) is 11.4 Å². The number of hydrogen-bond donors (Lipinski definition) is 1. The molecular formula is C23H17ClN2O7. The van der Waals surface area contributed by atoms with Crippen molar-refractivity contribution in [2.45, 2.75) is 0 Å². The lowest BCUT2D eigenvalue weighted by Gasteiger charge is -2.08. The van der Waals surface area contributed by atoms with Crippen LogP contribution >= 0.6 is 11.6 Å². The molecule has 0 saturated carbocycles. The molecule has 33 heavy (non-hydrogen) atoms. The minimum atomic E-state index is -0.762. The van der Waals surface area contributed by atoms with Crippen molar-refractivity contribution in [2.24, 2.45) is 0 Å². The van der Waals surface area contributed by atoms with Crippen molar-refractivity contribution in [3.05, 3.63) is 98.6 Å². The zero-order valence-electron chi connectivity index (χ0n) is 17.2. The number of Topliss-reactive ketones (excluding diaryl/α,β-unsaturated/α-hetero) is 1. The molecule has 0 radical (unpaired) electrons. The summed E-state index contributed by atoms with van der Waals surface area (Å²) in [5, 5.41) is 14.3. The van der Waals surface area contributed by atoms with Gasteiger partial charge < -0.3 is 14.8 Å². The van der Waals surface area contributed by atoms with Gasteiger partial charge in [-0.05, 0) is 60.7 Å². The molecule has 0 unspecified atom stereocenters. The third-order valence-corrected chi connectivity index (χ3v) is 4.77. The minimum absolute atomic E-state index is 0.00978. The number of nitro benzene ring substituents is 1. The second-order valence-corrected chi connectivity index (χ2v) is 7.12. The Hall–Kier alpha value is -4.24. The lowest BCUT2D eigenvalue weighted by molar-refractivity contribution is -0.385. The quantitative estimate of drug-likeness (QED) is 0.222. The number of halogens is 1. The molecule has 0 aliphatic heterocycles. The van der Waals surface area contributed by atoms with E-state index in [0.29, 0.717) is 16.3 Å². The number of nitro groups is 1. The number of amides is 1.